The van der Waals surface area contributed by atoms with Crippen molar-refractivity contribution < 1.29 is 9.59 Å². The summed E-state index contributed by atoms with van der Waals surface area (Å²) in [5.74, 6) is -0.979. The average Bonchev–Trinajstić information content (AvgIpc) is 3.25. The van der Waals surface area contributed by atoms with Crippen LogP contribution in [0.1, 0.15) is 15.5 Å². The first kappa shape index (κ1) is 18.5. The predicted molar refractivity (Wildman–Crippen MR) is 109 cm³/mol. The third-order valence-electron chi connectivity index (χ3n) is 4.19. The van der Waals surface area contributed by atoms with Crippen LogP contribution in [0.3, 0.4) is 0 Å². The minimum atomic E-state index is -0.509. The first-order chi connectivity index (χ1) is 14.1. The van der Waals surface area contributed by atoms with Gasteiger partial charge in [0.25, 0.3) is 11.5 Å². The Morgan fingerprint density at radius 3 is 2.48 bits per heavy atom. The zero-order valence-corrected chi connectivity index (χ0v) is 15.8. The summed E-state index contributed by atoms with van der Waals surface area (Å²) in [7, 11) is 0. The number of rotatable bonds is 4. The molecule has 0 aliphatic heterocycles. The van der Waals surface area contributed by atoms with Crippen molar-refractivity contribution in [1.29, 1.82) is 0 Å². The Kier molecular flexibility index (Phi) is 5.12. The van der Waals surface area contributed by atoms with Crippen LogP contribution in [-0.2, 0) is 11.2 Å². The molecule has 0 unspecified atom stereocenters. The van der Waals surface area contributed by atoms with Crippen LogP contribution in [-0.4, -0.2) is 27.0 Å². The van der Waals surface area contributed by atoms with Crippen molar-refractivity contribution in [3.63, 3.8) is 0 Å². The van der Waals surface area contributed by atoms with E-state index in [0.29, 0.717) is 22.2 Å². The number of hydrazine groups is 1. The Hall–Kier alpha value is -3.85. The number of nitrogens with one attached hydrogen (secondary N) is 3. The molecule has 2 aromatic carbocycles. The average molecular weight is 405 g/mol. The molecule has 0 fully saturated rings. The van der Waals surface area contributed by atoms with Crippen LogP contribution in [0.15, 0.2) is 64.8 Å². The van der Waals surface area contributed by atoms with Crippen molar-refractivity contribution in [1.82, 2.24) is 26.0 Å². The van der Waals surface area contributed by atoms with E-state index in [-0.39, 0.29) is 17.0 Å². The number of amides is 2. The summed E-state index contributed by atoms with van der Waals surface area (Å²) < 4.78 is 0. The van der Waals surface area contributed by atoms with Crippen molar-refractivity contribution in [3.8, 4) is 11.3 Å². The van der Waals surface area contributed by atoms with E-state index in [1.165, 1.54) is 11.3 Å². The molecule has 0 bridgehead atoms. The molecule has 2 aromatic heterocycles. The molecule has 0 saturated heterocycles. The van der Waals surface area contributed by atoms with E-state index in [2.05, 4.69) is 26.0 Å². The number of H-pyrrole nitrogens is 1. The molecule has 0 saturated carbocycles. The molecule has 3 N–H and O–H groups in total. The Balaban J connectivity index is 1.40. The quantitative estimate of drug-likeness (QED) is 0.449. The van der Waals surface area contributed by atoms with Crippen LogP contribution in [0.4, 0.5) is 0 Å². The van der Waals surface area contributed by atoms with E-state index in [1.807, 2.05) is 30.3 Å². The van der Waals surface area contributed by atoms with Gasteiger partial charge in [-0.15, -0.1) is 11.3 Å². The molecule has 0 aliphatic carbocycles. The van der Waals surface area contributed by atoms with Gasteiger partial charge in [0.05, 0.1) is 23.2 Å². The molecule has 0 spiro atoms. The van der Waals surface area contributed by atoms with Gasteiger partial charge in [0, 0.05) is 16.3 Å². The largest absolute Gasteiger partial charge is 0.298 e. The molecule has 29 heavy (non-hydrogen) atoms. The maximum absolute atomic E-state index is 12.3. The van der Waals surface area contributed by atoms with Crippen molar-refractivity contribution >= 4 is 33.9 Å². The number of carbonyl (C=O) groups excluding carboxylic acids is 2. The van der Waals surface area contributed by atoms with Gasteiger partial charge in [0.2, 0.25) is 5.91 Å². The SMILES string of the molecule is O=C(Cc1n[nH]c(=O)c2ccccc12)NNC(=O)c1nc(-c2ccccc2)cs1. The normalized spacial score (nSPS) is 10.6. The summed E-state index contributed by atoms with van der Waals surface area (Å²) in [5, 5.41) is 9.37. The molecule has 4 aromatic rings. The maximum Gasteiger partial charge on any atom is 0.298 e. The molecule has 4 rings (SSSR count). The molecule has 144 valence electrons. The van der Waals surface area contributed by atoms with E-state index in [1.54, 1.807) is 29.6 Å². The monoisotopic (exact) mass is 405 g/mol. The van der Waals surface area contributed by atoms with Crippen LogP contribution in [0.25, 0.3) is 22.0 Å². The van der Waals surface area contributed by atoms with Gasteiger partial charge in [-0.1, -0.05) is 48.5 Å². The summed E-state index contributed by atoms with van der Waals surface area (Å²) in [6.07, 6.45) is -0.106. The van der Waals surface area contributed by atoms with Gasteiger partial charge in [-0.2, -0.15) is 5.10 Å². The number of aromatic amines is 1. The summed E-state index contributed by atoms with van der Waals surface area (Å²) in [6, 6.07) is 16.4. The van der Waals surface area contributed by atoms with Gasteiger partial charge in [0.1, 0.15) is 0 Å². The van der Waals surface area contributed by atoms with Crippen molar-refractivity contribution in [2.24, 2.45) is 0 Å². The van der Waals surface area contributed by atoms with Gasteiger partial charge in [-0.25, -0.2) is 10.1 Å². The lowest BCUT2D eigenvalue weighted by molar-refractivity contribution is -0.121. The fourth-order valence-electron chi connectivity index (χ4n) is 2.80. The van der Waals surface area contributed by atoms with Gasteiger partial charge in [-0.3, -0.25) is 25.2 Å². The summed E-state index contributed by atoms with van der Waals surface area (Å²) in [6.45, 7) is 0. The van der Waals surface area contributed by atoms with E-state index in [9.17, 15) is 14.4 Å². The van der Waals surface area contributed by atoms with Crippen LogP contribution < -0.4 is 16.4 Å². The highest BCUT2D eigenvalue weighted by Gasteiger charge is 2.15. The number of carbonyl (C=O) groups is 2. The molecule has 2 heterocycles. The maximum atomic E-state index is 12.3. The highest BCUT2D eigenvalue weighted by atomic mass is 32.1. The highest BCUT2D eigenvalue weighted by Crippen LogP contribution is 2.21. The van der Waals surface area contributed by atoms with Crippen LogP contribution in [0.2, 0.25) is 0 Å². The molecule has 2 amide bonds. The first-order valence-electron chi connectivity index (χ1n) is 8.68. The van der Waals surface area contributed by atoms with Crippen LogP contribution >= 0.6 is 11.3 Å². The number of thiazole rings is 1. The zero-order valence-electron chi connectivity index (χ0n) is 15.0. The predicted octanol–water partition coefficient (Wildman–Crippen LogP) is 2.05. The Morgan fingerprint density at radius 2 is 1.69 bits per heavy atom. The lowest BCUT2D eigenvalue weighted by Crippen LogP contribution is -2.42. The molecule has 9 heteroatoms. The molecule has 0 aliphatic rings. The van der Waals surface area contributed by atoms with Crippen molar-refractivity contribution in [2.75, 3.05) is 0 Å². The van der Waals surface area contributed by atoms with Gasteiger partial charge in [0.15, 0.2) is 5.01 Å². The van der Waals surface area contributed by atoms with Gasteiger partial charge < -0.3 is 0 Å². The van der Waals surface area contributed by atoms with E-state index >= 15 is 0 Å². The van der Waals surface area contributed by atoms with Crippen LogP contribution in [0, 0.1) is 0 Å². The van der Waals surface area contributed by atoms with Gasteiger partial charge >= 0.3 is 0 Å². The summed E-state index contributed by atoms with van der Waals surface area (Å²) >= 11 is 1.19. The number of fused-ring (bicyclic) bond motifs is 1. The third-order valence-corrected chi connectivity index (χ3v) is 5.03. The number of hydrogen-bond donors (Lipinski definition) is 3. The third kappa shape index (κ3) is 4.04. The van der Waals surface area contributed by atoms with Gasteiger partial charge in [-0.05, 0) is 6.07 Å². The highest BCUT2D eigenvalue weighted by molar-refractivity contribution is 7.12. The number of nitrogens with zero attached hydrogens (tertiary/aromatic N) is 2. The first-order valence-corrected chi connectivity index (χ1v) is 9.56. The van der Waals surface area contributed by atoms with Crippen molar-refractivity contribution in [2.45, 2.75) is 6.42 Å². The van der Waals surface area contributed by atoms with E-state index < -0.39 is 11.8 Å². The second kappa shape index (κ2) is 8.03. The smallest absolute Gasteiger partial charge is 0.273 e. The lowest BCUT2D eigenvalue weighted by Gasteiger charge is -2.07. The molecule has 8 nitrogen and oxygen atoms in total. The van der Waals surface area contributed by atoms with Crippen molar-refractivity contribution in [3.05, 3.63) is 81.0 Å². The molecular weight excluding hydrogens is 390 g/mol. The number of hydrogen-bond acceptors (Lipinski definition) is 6. The van der Waals surface area contributed by atoms with E-state index in [4.69, 9.17) is 0 Å². The van der Waals surface area contributed by atoms with E-state index in [0.717, 1.165) is 5.56 Å². The minimum absolute atomic E-state index is 0.106. The second-order valence-corrected chi connectivity index (χ2v) is 6.99. The number of aromatic nitrogens is 3. The summed E-state index contributed by atoms with van der Waals surface area (Å²) in [4.78, 5) is 40.6. The number of benzene rings is 2. The molecule has 0 radical (unpaired) electrons. The molecular formula is C20H15N5O3S. The molecule has 0 atom stereocenters. The lowest BCUT2D eigenvalue weighted by atomic mass is 10.1. The fourth-order valence-corrected chi connectivity index (χ4v) is 3.52. The van der Waals surface area contributed by atoms with Crippen LogP contribution in [0.5, 0.6) is 0 Å². The Bertz CT molecular complexity index is 1250. The summed E-state index contributed by atoms with van der Waals surface area (Å²) in [5.41, 5.74) is 6.39. The Labute approximate surface area is 168 Å². The fraction of sp³-hybridized carbons (Fsp3) is 0.0500. The standard InChI is InChI=1S/C20H15N5O3S/c26-17(10-15-13-8-4-5-9-14(13)18(27)24-22-15)23-25-19(28)20-21-16(11-29-20)12-6-2-1-3-7-12/h1-9,11H,10H2,(H,23,26)(H,24,27)(H,25,28). The topological polar surface area (TPSA) is 117 Å². The second-order valence-electron chi connectivity index (χ2n) is 6.13. The zero-order chi connectivity index (χ0) is 20.2. The minimum Gasteiger partial charge on any atom is -0.273 e. The Morgan fingerprint density at radius 1 is 0.966 bits per heavy atom.